The van der Waals surface area contributed by atoms with Crippen molar-refractivity contribution in [1.82, 2.24) is 0 Å². The fraction of sp³-hybridized carbons (Fsp3) is 0.344. The number of nitro groups is 3. The lowest BCUT2D eigenvalue weighted by molar-refractivity contribution is -0.385. The molecule has 0 spiro atoms. The topological polar surface area (TPSA) is 245 Å². The van der Waals surface area contributed by atoms with Gasteiger partial charge in [0.05, 0.1) is 14.8 Å². The third-order valence-electron chi connectivity index (χ3n) is 6.71. The molecule has 0 unspecified atom stereocenters. The number of benzene rings is 3. The second-order valence-electron chi connectivity index (χ2n) is 10.7. The van der Waals surface area contributed by atoms with Crippen molar-refractivity contribution in [1.29, 1.82) is 0 Å². The number of primary amides is 1. The molecule has 0 saturated carbocycles. The molecule has 2 fully saturated rings. The van der Waals surface area contributed by atoms with Crippen molar-refractivity contribution in [2.24, 2.45) is 5.73 Å². The van der Waals surface area contributed by atoms with Crippen LogP contribution in [0.3, 0.4) is 0 Å². The van der Waals surface area contributed by atoms with E-state index in [1.807, 2.05) is 0 Å². The number of nitro benzene ring substituents is 3. The van der Waals surface area contributed by atoms with Crippen LogP contribution < -0.4 is 5.73 Å². The van der Waals surface area contributed by atoms with Gasteiger partial charge >= 0.3 is 5.97 Å². The molecule has 282 valence electrons. The minimum Gasteiger partial charge on any atom is -0.477 e. The molecular formula is C32H34ClF3N4O12. The van der Waals surface area contributed by atoms with E-state index in [0.29, 0.717) is 6.07 Å². The van der Waals surface area contributed by atoms with Crippen LogP contribution >= 0.6 is 11.6 Å². The maximum Gasteiger partial charge on any atom is 0.342 e. The molecule has 16 nitrogen and oxygen atoms in total. The van der Waals surface area contributed by atoms with Crippen molar-refractivity contribution < 1.29 is 56.9 Å². The summed E-state index contributed by atoms with van der Waals surface area (Å²) in [4.78, 5) is 61.3. The van der Waals surface area contributed by atoms with Crippen molar-refractivity contribution >= 4 is 45.8 Å². The summed E-state index contributed by atoms with van der Waals surface area (Å²) < 4.78 is 48.2. The van der Waals surface area contributed by atoms with Gasteiger partial charge in [-0.15, -0.1) is 0 Å². The standard InChI is InChI=1S/C8H5ClFNO3.C8H7FN2O3.C8H6FNO4.2C4H8O/c1-4-2-5(10)3-6(8(9)12)7(4)11(13)14;1-4-2-5(9)3-6(8(10)12)7(4)11(13)14;1-4-2-5(9)3-6(8(11)12)7(4)10(13)14;2*1-2-4-5-3-1/h2-3H,1H3;2-3H,1H3,(H2,10,12);2-3H,1H3,(H,11,12);2*1-4H2. The van der Waals surface area contributed by atoms with E-state index in [9.17, 15) is 57.9 Å². The van der Waals surface area contributed by atoms with E-state index in [1.165, 1.54) is 46.5 Å². The van der Waals surface area contributed by atoms with Crippen LogP contribution in [0.2, 0.25) is 0 Å². The molecule has 0 atom stereocenters. The first-order valence-corrected chi connectivity index (χ1v) is 15.4. The van der Waals surface area contributed by atoms with E-state index in [-0.39, 0.29) is 16.7 Å². The number of nitrogens with zero attached hydrogens (tertiary/aromatic N) is 3. The summed E-state index contributed by atoms with van der Waals surface area (Å²) in [5, 5.41) is 39.1. The van der Waals surface area contributed by atoms with E-state index in [0.717, 1.165) is 56.8 Å². The number of rotatable bonds is 6. The van der Waals surface area contributed by atoms with Crippen LogP contribution in [-0.2, 0) is 9.47 Å². The third kappa shape index (κ3) is 14.4. The van der Waals surface area contributed by atoms with Crippen LogP contribution in [-0.4, -0.2) is 63.4 Å². The number of hydrogen-bond donors (Lipinski definition) is 2. The first-order valence-electron chi connectivity index (χ1n) is 15.0. The number of aromatic carboxylic acids is 1. The summed E-state index contributed by atoms with van der Waals surface area (Å²) >= 11 is 5.09. The number of carbonyl (C=O) groups excluding carboxylic acids is 2. The normalized spacial score (nSPS) is 12.6. The van der Waals surface area contributed by atoms with E-state index in [2.05, 4.69) is 0 Å². The van der Waals surface area contributed by atoms with E-state index in [4.69, 9.17) is 31.9 Å². The average Bonchev–Trinajstić information content (AvgIpc) is 3.80. The van der Waals surface area contributed by atoms with Crippen LogP contribution in [0.15, 0.2) is 36.4 Å². The minimum absolute atomic E-state index is 0.00704. The van der Waals surface area contributed by atoms with Gasteiger partial charge in [0.15, 0.2) is 0 Å². The average molecular weight is 759 g/mol. The second kappa shape index (κ2) is 21.6. The highest BCUT2D eigenvalue weighted by atomic mass is 35.5. The first kappa shape index (κ1) is 44.5. The molecule has 2 saturated heterocycles. The Labute approximate surface area is 298 Å². The summed E-state index contributed by atoms with van der Waals surface area (Å²) in [7, 11) is 0. The Morgan fingerprint density at radius 1 is 0.635 bits per heavy atom. The van der Waals surface area contributed by atoms with E-state index < -0.39 is 83.1 Å². The minimum atomic E-state index is -1.51. The number of carbonyl (C=O) groups is 3. The molecular weight excluding hydrogens is 725 g/mol. The van der Waals surface area contributed by atoms with Crippen LogP contribution in [0.25, 0.3) is 0 Å². The van der Waals surface area contributed by atoms with Gasteiger partial charge in [0, 0.05) is 43.1 Å². The van der Waals surface area contributed by atoms with Gasteiger partial charge in [-0.3, -0.25) is 39.9 Å². The Bertz CT molecular complexity index is 1590. The highest BCUT2D eigenvalue weighted by Gasteiger charge is 2.25. The predicted molar refractivity (Wildman–Crippen MR) is 179 cm³/mol. The fourth-order valence-electron chi connectivity index (χ4n) is 4.45. The molecule has 2 heterocycles. The molecule has 0 radical (unpaired) electrons. The van der Waals surface area contributed by atoms with Gasteiger partial charge in [-0.1, -0.05) is 0 Å². The number of halogens is 4. The van der Waals surface area contributed by atoms with Crippen LogP contribution in [0.1, 0.15) is 73.4 Å². The number of nitrogens with two attached hydrogens (primary N) is 1. The molecule has 20 heteroatoms. The molecule has 3 aromatic rings. The van der Waals surface area contributed by atoms with Gasteiger partial charge in [-0.05, 0) is 94.5 Å². The Hall–Kier alpha value is -5.53. The smallest absolute Gasteiger partial charge is 0.342 e. The second-order valence-corrected chi connectivity index (χ2v) is 11.1. The molecule has 0 aliphatic carbocycles. The predicted octanol–water partition coefficient (Wildman–Crippen LogP) is 6.90. The van der Waals surface area contributed by atoms with Crippen molar-refractivity contribution in [3.8, 4) is 0 Å². The SMILES string of the molecule is C1CCOC1.C1CCOC1.Cc1cc(F)cc(C(=O)Cl)c1[N+](=O)[O-].Cc1cc(F)cc(C(=O)O)c1[N+](=O)[O-].Cc1cc(F)cc(C(N)=O)c1[N+](=O)[O-]. The number of carboxylic acid groups (broad SMARTS) is 1. The molecule has 3 aromatic carbocycles. The van der Waals surface area contributed by atoms with E-state index >= 15 is 0 Å². The van der Waals surface area contributed by atoms with Gasteiger partial charge in [-0.2, -0.15) is 0 Å². The molecule has 5 rings (SSSR count). The van der Waals surface area contributed by atoms with Gasteiger partial charge in [-0.25, -0.2) is 18.0 Å². The van der Waals surface area contributed by atoms with Crippen molar-refractivity contribution in [2.45, 2.75) is 46.5 Å². The zero-order chi connectivity index (χ0) is 39.7. The molecule has 3 N–H and O–H groups in total. The lowest BCUT2D eigenvalue weighted by atomic mass is 10.1. The number of carboxylic acids is 1. The number of amides is 1. The zero-order valence-electron chi connectivity index (χ0n) is 28.0. The summed E-state index contributed by atoms with van der Waals surface area (Å²) in [6, 6.07) is 5.01. The Balaban J connectivity index is 0.000000343. The summed E-state index contributed by atoms with van der Waals surface area (Å²) in [5.74, 6) is -4.77. The van der Waals surface area contributed by atoms with Gasteiger partial charge < -0.3 is 20.3 Å². The molecule has 1 amide bonds. The lowest BCUT2D eigenvalue weighted by Crippen LogP contribution is -2.14. The molecule has 0 bridgehead atoms. The largest absolute Gasteiger partial charge is 0.477 e. The van der Waals surface area contributed by atoms with Crippen molar-refractivity contribution in [2.75, 3.05) is 26.4 Å². The Morgan fingerprint density at radius 2 is 0.923 bits per heavy atom. The summed E-state index contributed by atoms with van der Waals surface area (Å²) in [6.45, 7) is 7.96. The molecule has 2 aliphatic rings. The maximum atomic E-state index is 12.8. The number of hydrogen-bond acceptors (Lipinski definition) is 11. The molecule has 2 aliphatic heterocycles. The zero-order valence-corrected chi connectivity index (χ0v) is 28.7. The van der Waals surface area contributed by atoms with Crippen LogP contribution in [0, 0.1) is 68.6 Å². The van der Waals surface area contributed by atoms with Gasteiger partial charge in [0.25, 0.3) is 28.2 Å². The third-order valence-corrected chi connectivity index (χ3v) is 6.91. The van der Waals surface area contributed by atoms with E-state index in [1.54, 1.807) is 0 Å². The molecule has 0 aromatic heterocycles. The van der Waals surface area contributed by atoms with Crippen molar-refractivity contribution in [3.63, 3.8) is 0 Å². The van der Waals surface area contributed by atoms with Crippen LogP contribution in [0.4, 0.5) is 30.2 Å². The summed E-state index contributed by atoms with van der Waals surface area (Å²) in [5.41, 5.74) is 2.08. The van der Waals surface area contributed by atoms with Crippen LogP contribution in [0.5, 0.6) is 0 Å². The monoisotopic (exact) mass is 758 g/mol. The number of ether oxygens (including phenoxy) is 2. The highest BCUT2D eigenvalue weighted by molar-refractivity contribution is 6.68. The molecule has 52 heavy (non-hydrogen) atoms. The van der Waals surface area contributed by atoms with Gasteiger partial charge in [0.1, 0.15) is 34.1 Å². The van der Waals surface area contributed by atoms with Crippen molar-refractivity contribution in [3.05, 3.63) is 118 Å². The highest BCUT2D eigenvalue weighted by Crippen LogP contribution is 2.27. The quantitative estimate of drug-likeness (QED) is 0.148. The Kier molecular flexibility index (Phi) is 18.5. The first-order chi connectivity index (χ1) is 24.3. The number of aryl methyl sites for hydroxylation is 3. The van der Waals surface area contributed by atoms with Gasteiger partial charge in [0.2, 0.25) is 0 Å². The fourth-order valence-corrected chi connectivity index (χ4v) is 4.60. The summed E-state index contributed by atoms with van der Waals surface area (Å²) in [6.07, 6.45) is 5.11. The Morgan fingerprint density at radius 3 is 1.17 bits per heavy atom. The lowest BCUT2D eigenvalue weighted by Gasteiger charge is -2.01. The maximum absolute atomic E-state index is 12.8.